The average Bonchev–Trinajstić information content (AvgIpc) is 2.85. The maximum Gasteiger partial charge on any atom is 0.240 e. The highest BCUT2D eigenvalue weighted by molar-refractivity contribution is 8.00. The first-order chi connectivity index (χ1) is 8.60. The SMILES string of the molecule is CSC1(CNC(=O)C2(N)CCCC2)CCOCC1. The second-order valence-corrected chi connectivity index (χ2v) is 6.82. The molecule has 1 aliphatic heterocycles. The lowest BCUT2D eigenvalue weighted by molar-refractivity contribution is -0.126. The van der Waals surface area contributed by atoms with Gasteiger partial charge in [0.05, 0.1) is 5.54 Å². The van der Waals surface area contributed by atoms with Crippen molar-refractivity contribution in [1.29, 1.82) is 0 Å². The number of rotatable bonds is 4. The van der Waals surface area contributed by atoms with Crippen molar-refractivity contribution in [2.75, 3.05) is 26.0 Å². The van der Waals surface area contributed by atoms with Crippen molar-refractivity contribution in [1.82, 2.24) is 5.32 Å². The summed E-state index contributed by atoms with van der Waals surface area (Å²) in [5.41, 5.74) is 5.55. The number of nitrogens with one attached hydrogen (secondary N) is 1. The molecular weight excluding hydrogens is 248 g/mol. The first kappa shape index (κ1) is 14.2. The van der Waals surface area contributed by atoms with Gasteiger partial charge in [-0.15, -0.1) is 0 Å². The first-order valence-corrected chi connectivity index (χ1v) is 8.03. The maximum atomic E-state index is 12.2. The summed E-state index contributed by atoms with van der Waals surface area (Å²) in [6.45, 7) is 2.31. The molecule has 5 heteroatoms. The third-order valence-corrected chi connectivity index (χ3v) is 5.77. The summed E-state index contributed by atoms with van der Waals surface area (Å²) in [5.74, 6) is 0.0416. The third-order valence-electron chi connectivity index (χ3n) is 4.36. The van der Waals surface area contributed by atoms with E-state index >= 15 is 0 Å². The van der Waals surface area contributed by atoms with Gasteiger partial charge < -0.3 is 15.8 Å². The van der Waals surface area contributed by atoms with Crippen molar-refractivity contribution in [3.8, 4) is 0 Å². The average molecular weight is 272 g/mol. The van der Waals surface area contributed by atoms with Crippen LogP contribution in [0.1, 0.15) is 38.5 Å². The van der Waals surface area contributed by atoms with Crippen LogP contribution in [0, 0.1) is 0 Å². The highest BCUT2D eigenvalue weighted by Crippen LogP contribution is 2.33. The van der Waals surface area contributed by atoms with Crippen LogP contribution in [0.5, 0.6) is 0 Å². The molecular formula is C13H24N2O2S. The minimum absolute atomic E-state index is 0.0416. The molecule has 104 valence electrons. The second-order valence-electron chi connectivity index (χ2n) is 5.55. The molecule has 3 N–H and O–H groups in total. The van der Waals surface area contributed by atoms with Crippen LogP contribution in [0.15, 0.2) is 0 Å². The van der Waals surface area contributed by atoms with Gasteiger partial charge in [-0.25, -0.2) is 0 Å². The van der Waals surface area contributed by atoms with Gasteiger partial charge >= 0.3 is 0 Å². The minimum atomic E-state index is -0.606. The first-order valence-electron chi connectivity index (χ1n) is 6.80. The van der Waals surface area contributed by atoms with E-state index in [-0.39, 0.29) is 10.7 Å². The standard InChI is InChI=1S/C13H24N2O2S/c1-18-12(6-8-17-9-7-12)10-15-11(16)13(14)4-2-3-5-13/h2-10,14H2,1H3,(H,15,16). The summed E-state index contributed by atoms with van der Waals surface area (Å²) < 4.78 is 5.54. The Morgan fingerprint density at radius 2 is 1.89 bits per heavy atom. The van der Waals surface area contributed by atoms with Crippen LogP contribution in [0.3, 0.4) is 0 Å². The van der Waals surface area contributed by atoms with Crippen molar-refractivity contribution >= 4 is 17.7 Å². The molecule has 2 rings (SSSR count). The molecule has 1 heterocycles. The fourth-order valence-electron chi connectivity index (χ4n) is 2.85. The minimum Gasteiger partial charge on any atom is -0.381 e. The largest absolute Gasteiger partial charge is 0.381 e. The fourth-order valence-corrected chi connectivity index (χ4v) is 3.64. The maximum absolute atomic E-state index is 12.2. The van der Waals surface area contributed by atoms with Crippen LogP contribution >= 0.6 is 11.8 Å². The predicted molar refractivity (Wildman–Crippen MR) is 74.7 cm³/mol. The molecule has 0 radical (unpaired) electrons. The molecule has 1 aliphatic carbocycles. The van der Waals surface area contributed by atoms with Gasteiger partial charge in [-0.05, 0) is 31.9 Å². The molecule has 1 saturated heterocycles. The van der Waals surface area contributed by atoms with Gasteiger partial charge in [0.25, 0.3) is 0 Å². The normalized spacial score (nSPS) is 25.9. The van der Waals surface area contributed by atoms with E-state index in [2.05, 4.69) is 11.6 Å². The topological polar surface area (TPSA) is 64.4 Å². The van der Waals surface area contributed by atoms with E-state index in [1.807, 2.05) is 11.8 Å². The Kier molecular flexibility index (Phi) is 4.56. The molecule has 1 amide bonds. The van der Waals surface area contributed by atoms with Gasteiger partial charge in [0.15, 0.2) is 0 Å². The molecule has 0 bridgehead atoms. The molecule has 0 aromatic heterocycles. The van der Waals surface area contributed by atoms with Gasteiger partial charge in [0.1, 0.15) is 0 Å². The molecule has 0 spiro atoms. The van der Waals surface area contributed by atoms with E-state index in [1.165, 1.54) is 0 Å². The van der Waals surface area contributed by atoms with Crippen molar-refractivity contribution in [3.63, 3.8) is 0 Å². The van der Waals surface area contributed by atoms with Crippen LogP contribution < -0.4 is 11.1 Å². The van der Waals surface area contributed by atoms with Crippen LogP contribution in [-0.4, -0.2) is 42.2 Å². The van der Waals surface area contributed by atoms with E-state index in [4.69, 9.17) is 10.5 Å². The number of nitrogens with two attached hydrogens (primary N) is 1. The summed E-state index contributed by atoms with van der Waals surface area (Å²) in [4.78, 5) is 12.2. The molecule has 2 fully saturated rings. The van der Waals surface area contributed by atoms with Crippen LogP contribution in [-0.2, 0) is 9.53 Å². The van der Waals surface area contributed by atoms with E-state index < -0.39 is 5.54 Å². The Balaban J connectivity index is 1.87. The quantitative estimate of drug-likeness (QED) is 0.809. The van der Waals surface area contributed by atoms with Gasteiger partial charge in [-0.1, -0.05) is 12.8 Å². The van der Waals surface area contributed by atoms with Gasteiger partial charge in [-0.2, -0.15) is 11.8 Å². The summed E-state index contributed by atoms with van der Waals surface area (Å²) in [7, 11) is 0. The molecule has 4 nitrogen and oxygen atoms in total. The monoisotopic (exact) mass is 272 g/mol. The Labute approximate surface area is 113 Å². The van der Waals surface area contributed by atoms with Crippen LogP contribution in [0.25, 0.3) is 0 Å². The highest BCUT2D eigenvalue weighted by Gasteiger charge is 2.39. The van der Waals surface area contributed by atoms with E-state index in [9.17, 15) is 4.79 Å². The number of amides is 1. The predicted octanol–water partition coefficient (Wildman–Crippen LogP) is 1.29. The fraction of sp³-hybridized carbons (Fsp3) is 0.923. The number of hydrogen-bond acceptors (Lipinski definition) is 4. The van der Waals surface area contributed by atoms with Gasteiger partial charge in [-0.3, -0.25) is 4.79 Å². The van der Waals surface area contributed by atoms with Crippen molar-refractivity contribution < 1.29 is 9.53 Å². The van der Waals surface area contributed by atoms with Crippen molar-refractivity contribution in [2.24, 2.45) is 5.73 Å². The summed E-state index contributed by atoms with van der Waals surface area (Å²) in [6.07, 6.45) is 7.93. The number of carbonyl (C=O) groups is 1. The van der Waals surface area contributed by atoms with E-state index in [0.717, 1.165) is 58.3 Å². The zero-order chi connectivity index (χ0) is 13.1. The molecule has 2 aliphatic rings. The Morgan fingerprint density at radius 1 is 1.28 bits per heavy atom. The summed E-state index contributed by atoms with van der Waals surface area (Å²) >= 11 is 1.84. The Bertz CT molecular complexity index is 297. The molecule has 0 aromatic carbocycles. The lowest BCUT2D eigenvalue weighted by atomic mass is 9.95. The van der Waals surface area contributed by atoms with Crippen molar-refractivity contribution in [3.05, 3.63) is 0 Å². The second kappa shape index (κ2) is 5.80. The summed E-state index contributed by atoms with van der Waals surface area (Å²) in [5, 5.41) is 3.09. The molecule has 1 saturated carbocycles. The highest BCUT2D eigenvalue weighted by atomic mass is 32.2. The van der Waals surface area contributed by atoms with Gasteiger partial charge in [0.2, 0.25) is 5.91 Å². The number of ether oxygens (including phenoxy) is 1. The molecule has 0 aromatic rings. The van der Waals surface area contributed by atoms with Gasteiger partial charge in [0, 0.05) is 24.5 Å². The number of carbonyl (C=O) groups excluding carboxylic acids is 1. The lowest BCUT2D eigenvalue weighted by Gasteiger charge is -2.36. The summed E-state index contributed by atoms with van der Waals surface area (Å²) in [6, 6.07) is 0. The van der Waals surface area contributed by atoms with Crippen LogP contribution in [0.4, 0.5) is 0 Å². The smallest absolute Gasteiger partial charge is 0.240 e. The zero-order valence-corrected chi connectivity index (χ0v) is 12.0. The van der Waals surface area contributed by atoms with E-state index in [0.29, 0.717) is 0 Å². The Morgan fingerprint density at radius 3 is 2.44 bits per heavy atom. The van der Waals surface area contributed by atoms with E-state index in [1.54, 1.807) is 0 Å². The third kappa shape index (κ3) is 3.00. The van der Waals surface area contributed by atoms with Crippen LogP contribution in [0.2, 0.25) is 0 Å². The number of hydrogen-bond donors (Lipinski definition) is 2. The zero-order valence-electron chi connectivity index (χ0n) is 11.2. The molecule has 18 heavy (non-hydrogen) atoms. The molecule has 0 atom stereocenters. The number of thioether (sulfide) groups is 1. The lowest BCUT2D eigenvalue weighted by Crippen LogP contribution is -2.55. The molecule has 0 unspecified atom stereocenters. The van der Waals surface area contributed by atoms with Crippen molar-refractivity contribution in [2.45, 2.75) is 48.8 Å². The Hall–Kier alpha value is -0.260.